The highest BCUT2D eigenvalue weighted by molar-refractivity contribution is 5.86. The maximum absolute atomic E-state index is 5.91. The molecule has 1 atom stereocenters. The van der Waals surface area contributed by atoms with Crippen molar-refractivity contribution in [2.45, 2.75) is 19.4 Å². The van der Waals surface area contributed by atoms with Crippen molar-refractivity contribution in [1.82, 2.24) is 15.3 Å². The van der Waals surface area contributed by atoms with Gasteiger partial charge in [-0.05, 0) is 26.5 Å². The Morgan fingerprint density at radius 1 is 1.17 bits per heavy atom. The van der Waals surface area contributed by atoms with Gasteiger partial charge in [0, 0.05) is 30.8 Å². The van der Waals surface area contributed by atoms with E-state index in [0.29, 0.717) is 12.0 Å². The molecule has 0 amide bonds. The number of nitrogen functional groups attached to an aromatic ring is 1. The van der Waals surface area contributed by atoms with Crippen molar-refractivity contribution >= 4 is 49.0 Å². The maximum Gasteiger partial charge on any atom is 0.222 e. The average Bonchev–Trinajstić information content (AvgIpc) is 2.95. The molecule has 1 unspecified atom stereocenters. The summed E-state index contributed by atoms with van der Waals surface area (Å²) in [5, 5.41) is 3.32. The summed E-state index contributed by atoms with van der Waals surface area (Å²) in [5.74, 6) is 1.24. The average molecular weight is 393 g/mol. The third-order valence-corrected chi connectivity index (χ3v) is 3.96. The topological polar surface area (TPSA) is 67.1 Å². The van der Waals surface area contributed by atoms with Crippen LogP contribution in [0.5, 0.6) is 0 Å². The second-order valence-corrected chi connectivity index (χ2v) is 5.56. The summed E-state index contributed by atoms with van der Waals surface area (Å²) in [7, 11) is 2.00. The predicted molar refractivity (Wildman–Crippen MR) is 108 cm³/mol. The fourth-order valence-electron chi connectivity index (χ4n) is 2.77. The van der Waals surface area contributed by atoms with E-state index in [4.69, 9.17) is 5.73 Å². The lowest BCUT2D eigenvalue weighted by molar-refractivity contribution is 0.616. The van der Waals surface area contributed by atoms with Crippen molar-refractivity contribution in [1.29, 1.82) is 0 Å². The van der Waals surface area contributed by atoms with Gasteiger partial charge in [-0.2, -0.15) is 4.98 Å². The van der Waals surface area contributed by atoms with E-state index in [1.165, 1.54) is 5.56 Å². The zero-order valence-electron chi connectivity index (χ0n) is 13.7. The number of hydrogen-bond donors (Lipinski definition) is 2. The fourth-order valence-corrected chi connectivity index (χ4v) is 2.77. The second kappa shape index (κ2) is 9.89. The molecular formula is C16H24Cl3N5. The van der Waals surface area contributed by atoms with E-state index < -0.39 is 0 Å². The first-order chi connectivity index (χ1) is 10.2. The molecule has 0 saturated carbocycles. The first-order valence-corrected chi connectivity index (χ1v) is 7.29. The summed E-state index contributed by atoms with van der Waals surface area (Å²) in [6.07, 6.45) is 1.13. The minimum absolute atomic E-state index is 0. The Kier molecular flexibility index (Phi) is 9.37. The van der Waals surface area contributed by atoms with Crippen LogP contribution in [0, 0.1) is 6.92 Å². The normalized spacial score (nSPS) is 15.9. The molecule has 1 aliphatic heterocycles. The summed E-state index contributed by atoms with van der Waals surface area (Å²) < 4.78 is 0. The van der Waals surface area contributed by atoms with Crippen LogP contribution < -0.4 is 16.0 Å². The molecule has 0 radical (unpaired) electrons. The monoisotopic (exact) mass is 391 g/mol. The second-order valence-electron chi connectivity index (χ2n) is 5.56. The summed E-state index contributed by atoms with van der Waals surface area (Å²) in [5.41, 5.74) is 9.08. The Morgan fingerprint density at radius 3 is 2.54 bits per heavy atom. The Balaban J connectivity index is 0.00000176. The van der Waals surface area contributed by atoms with Crippen LogP contribution >= 0.6 is 37.2 Å². The number of likely N-dealkylation sites (N-methyl/N-ethyl adjacent to an activating group) is 1. The number of nitrogens with one attached hydrogen (secondary N) is 1. The Bertz CT molecular complexity index is 653. The van der Waals surface area contributed by atoms with Crippen LogP contribution in [0.2, 0.25) is 0 Å². The van der Waals surface area contributed by atoms with E-state index >= 15 is 0 Å². The Hall–Kier alpha value is -1.27. The summed E-state index contributed by atoms with van der Waals surface area (Å²) in [6, 6.07) is 10.8. The van der Waals surface area contributed by atoms with Crippen molar-refractivity contribution in [2.24, 2.45) is 0 Å². The number of hydrogen-bond acceptors (Lipinski definition) is 5. The van der Waals surface area contributed by atoms with E-state index in [1.54, 1.807) is 0 Å². The largest absolute Gasteiger partial charge is 0.368 e. The highest BCUT2D eigenvalue weighted by Crippen LogP contribution is 2.25. The van der Waals surface area contributed by atoms with E-state index in [-0.39, 0.29) is 37.2 Å². The van der Waals surface area contributed by atoms with Gasteiger partial charge in [0.05, 0.1) is 5.69 Å². The lowest BCUT2D eigenvalue weighted by Crippen LogP contribution is -2.30. The molecule has 1 aromatic carbocycles. The molecule has 134 valence electrons. The predicted octanol–water partition coefficient (Wildman–Crippen LogP) is 3.10. The summed E-state index contributed by atoms with van der Waals surface area (Å²) in [4.78, 5) is 11.0. The van der Waals surface area contributed by atoms with Crippen molar-refractivity contribution < 1.29 is 0 Å². The molecule has 3 rings (SSSR count). The molecule has 1 saturated heterocycles. The van der Waals surface area contributed by atoms with Crippen LogP contribution in [0.15, 0.2) is 30.3 Å². The van der Waals surface area contributed by atoms with Crippen LogP contribution in [-0.2, 0) is 0 Å². The summed E-state index contributed by atoms with van der Waals surface area (Å²) in [6.45, 7) is 4.03. The van der Waals surface area contributed by atoms with Gasteiger partial charge in [-0.3, -0.25) is 0 Å². The van der Waals surface area contributed by atoms with Crippen molar-refractivity contribution in [3.63, 3.8) is 0 Å². The first kappa shape index (κ1) is 22.7. The molecule has 1 aliphatic rings. The van der Waals surface area contributed by atoms with Gasteiger partial charge < -0.3 is 16.0 Å². The molecule has 0 bridgehead atoms. The quantitative estimate of drug-likeness (QED) is 0.840. The van der Waals surface area contributed by atoms with Gasteiger partial charge >= 0.3 is 0 Å². The number of nitrogens with two attached hydrogens (primary N) is 1. The zero-order valence-corrected chi connectivity index (χ0v) is 16.2. The number of rotatable bonds is 3. The molecule has 2 aromatic rings. The number of halogens is 3. The van der Waals surface area contributed by atoms with Crippen LogP contribution in [0.25, 0.3) is 11.3 Å². The number of aryl methyl sites for hydroxylation is 1. The summed E-state index contributed by atoms with van der Waals surface area (Å²) >= 11 is 0. The van der Waals surface area contributed by atoms with Gasteiger partial charge in [0.1, 0.15) is 5.82 Å². The number of benzene rings is 1. The number of nitrogens with zero attached hydrogens (tertiary/aromatic N) is 3. The molecule has 24 heavy (non-hydrogen) atoms. The molecular weight excluding hydrogens is 369 g/mol. The SMILES string of the molecule is CNC1CCN(c2cc(-c3cccc(C)c3)nc(N)n2)C1.Cl.Cl.Cl. The van der Waals surface area contributed by atoms with Gasteiger partial charge in [-0.25, -0.2) is 4.98 Å². The minimum Gasteiger partial charge on any atom is -0.368 e. The van der Waals surface area contributed by atoms with Crippen molar-refractivity contribution in [2.75, 3.05) is 30.8 Å². The van der Waals surface area contributed by atoms with Crippen molar-refractivity contribution in [3.8, 4) is 11.3 Å². The van der Waals surface area contributed by atoms with E-state index in [1.807, 2.05) is 19.2 Å². The number of aromatic nitrogens is 2. The molecule has 2 heterocycles. The van der Waals surface area contributed by atoms with Crippen LogP contribution in [0.4, 0.5) is 11.8 Å². The van der Waals surface area contributed by atoms with Gasteiger partial charge in [0.25, 0.3) is 0 Å². The minimum atomic E-state index is 0. The van der Waals surface area contributed by atoms with Crippen molar-refractivity contribution in [3.05, 3.63) is 35.9 Å². The van der Waals surface area contributed by atoms with Crippen LogP contribution in [-0.4, -0.2) is 36.1 Å². The van der Waals surface area contributed by atoms with E-state index in [2.05, 4.69) is 45.3 Å². The fraction of sp³-hybridized carbons (Fsp3) is 0.375. The molecule has 3 N–H and O–H groups in total. The van der Waals surface area contributed by atoms with Gasteiger partial charge in [0.15, 0.2) is 0 Å². The van der Waals surface area contributed by atoms with E-state index in [0.717, 1.165) is 36.6 Å². The number of anilines is 2. The molecule has 8 heteroatoms. The standard InChI is InChI=1S/C16H21N5.3ClH/c1-11-4-3-5-12(8-11)14-9-15(20-16(17)19-14)21-7-6-13(10-21)18-2;;;/h3-5,8-9,13,18H,6-7,10H2,1-2H3,(H2,17,19,20);3*1H. The van der Waals surface area contributed by atoms with Gasteiger partial charge in [-0.15, -0.1) is 37.2 Å². The van der Waals surface area contributed by atoms with Crippen LogP contribution in [0.1, 0.15) is 12.0 Å². The van der Waals surface area contributed by atoms with E-state index in [9.17, 15) is 0 Å². The lowest BCUT2D eigenvalue weighted by Gasteiger charge is -2.18. The first-order valence-electron chi connectivity index (χ1n) is 7.29. The van der Waals surface area contributed by atoms with Crippen LogP contribution in [0.3, 0.4) is 0 Å². The molecule has 1 aromatic heterocycles. The maximum atomic E-state index is 5.91. The van der Waals surface area contributed by atoms with Gasteiger partial charge in [0.2, 0.25) is 5.95 Å². The molecule has 0 aliphatic carbocycles. The lowest BCUT2D eigenvalue weighted by atomic mass is 10.1. The van der Waals surface area contributed by atoms with Gasteiger partial charge in [-0.1, -0.05) is 23.8 Å². The smallest absolute Gasteiger partial charge is 0.222 e. The Labute approximate surface area is 161 Å². The highest BCUT2D eigenvalue weighted by atomic mass is 35.5. The molecule has 1 fully saturated rings. The third-order valence-electron chi connectivity index (χ3n) is 3.96. The molecule has 5 nitrogen and oxygen atoms in total. The third kappa shape index (κ3) is 5.11. The molecule has 0 spiro atoms. The Morgan fingerprint density at radius 2 is 1.92 bits per heavy atom. The highest BCUT2D eigenvalue weighted by Gasteiger charge is 2.22. The zero-order chi connectivity index (χ0) is 14.8.